The second kappa shape index (κ2) is 5.92. The molecule has 0 aromatic carbocycles. The fraction of sp³-hybridized carbons (Fsp3) is 0.769. The summed E-state index contributed by atoms with van der Waals surface area (Å²) in [5, 5.41) is 3.47. The van der Waals surface area contributed by atoms with Gasteiger partial charge in [-0.15, -0.1) is 0 Å². The highest BCUT2D eigenvalue weighted by molar-refractivity contribution is 5.29. The minimum atomic E-state index is 0.463. The molecule has 0 bridgehead atoms. The Morgan fingerprint density at radius 1 is 1.31 bits per heavy atom. The van der Waals surface area contributed by atoms with E-state index in [2.05, 4.69) is 48.8 Å². The lowest BCUT2D eigenvalue weighted by atomic mass is 10.0. The van der Waals surface area contributed by atoms with E-state index >= 15 is 0 Å². The van der Waals surface area contributed by atoms with Crippen molar-refractivity contribution >= 4 is 5.95 Å². The van der Waals surface area contributed by atoms with E-state index in [1.807, 2.05) is 6.92 Å². The van der Waals surface area contributed by atoms with Crippen molar-refractivity contribution in [2.75, 3.05) is 11.9 Å². The van der Waals surface area contributed by atoms with Crippen LogP contribution in [-0.2, 0) is 0 Å². The topological polar surface area (TPSA) is 29.9 Å². The van der Waals surface area contributed by atoms with Crippen LogP contribution >= 0.6 is 0 Å². The van der Waals surface area contributed by atoms with Gasteiger partial charge in [-0.2, -0.15) is 0 Å². The lowest BCUT2D eigenvalue weighted by Gasteiger charge is -2.16. The molecule has 0 saturated heterocycles. The Bertz CT molecular complexity index is 311. The van der Waals surface area contributed by atoms with Gasteiger partial charge in [0, 0.05) is 18.8 Å². The summed E-state index contributed by atoms with van der Waals surface area (Å²) in [5.41, 5.74) is 1.08. The minimum absolute atomic E-state index is 0.463. The first kappa shape index (κ1) is 13.1. The zero-order chi connectivity index (χ0) is 12.1. The van der Waals surface area contributed by atoms with Crippen molar-refractivity contribution in [3.8, 4) is 0 Å². The number of aryl methyl sites for hydroxylation is 1. The van der Waals surface area contributed by atoms with Crippen LogP contribution in [-0.4, -0.2) is 16.1 Å². The molecule has 0 radical (unpaired) electrons. The Labute approximate surface area is 99.3 Å². The van der Waals surface area contributed by atoms with Crippen molar-refractivity contribution in [3.63, 3.8) is 0 Å². The lowest BCUT2D eigenvalue weighted by molar-refractivity contribution is 0.513. The van der Waals surface area contributed by atoms with Gasteiger partial charge in [0.15, 0.2) is 0 Å². The van der Waals surface area contributed by atoms with Crippen LogP contribution in [0.3, 0.4) is 0 Å². The molecule has 0 aliphatic rings. The Balaban J connectivity index is 2.65. The fourth-order valence-corrected chi connectivity index (χ4v) is 1.85. The summed E-state index contributed by atoms with van der Waals surface area (Å²) in [6.45, 7) is 11.9. The summed E-state index contributed by atoms with van der Waals surface area (Å²) in [6, 6.07) is 0.463. The van der Waals surface area contributed by atoms with Crippen molar-refractivity contribution in [2.45, 2.75) is 53.5 Å². The second-order valence-electron chi connectivity index (χ2n) is 4.77. The number of hydrogen-bond acceptors (Lipinski definition) is 2. The molecule has 0 spiro atoms. The number of hydrogen-bond donors (Lipinski definition) is 1. The number of anilines is 1. The van der Waals surface area contributed by atoms with E-state index in [-0.39, 0.29) is 0 Å². The summed E-state index contributed by atoms with van der Waals surface area (Å²) >= 11 is 0. The zero-order valence-electron chi connectivity index (χ0n) is 11.2. The molecule has 0 unspecified atom stereocenters. The van der Waals surface area contributed by atoms with E-state index in [4.69, 9.17) is 0 Å². The van der Waals surface area contributed by atoms with E-state index in [1.165, 1.54) is 12.8 Å². The maximum Gasteiger partial charge on any atom is 0.203 e. The molecule has 3 nitrogen and oxygen atoms in total. The third-order valence-electron chi connectivity index (χ3n) is 3.11. The molecule has 0 aliphatic heterocycles. The molecule has 0 atom stereocenters. The Morgan fingerprint density at radius 3 is 2.44 bits per heavy atom. The highest BCUT2D eigenvalue weighted by atomic mass is 15.2. The van der Waals surface area contributed by atoms with Gasteiger partial charge in [0.05, 0.1) is 5.69 Å². The Morgan fingerprint density at radius 2 is 1.94 bits per heavy atom. The average Bonchev–Trinajstić information content (AvgIpc) is 2.61. The summed E-state index contributed by atoms with van der Waals surface area (Å²) in [7, 11) is 0. The quantitative estimate of drug-likeness (QED) is 0.798. The van der Waals surface area contributed by atoms with Crippen LogP contribution < -0.4 is 5.32 Å². The number of imidazole rings is 1. The third kappa shape index (κ3) is 3.26. The first-order chi connectivity index (χ1) is 7.58. The molecular formula is C13H25N3. The minimum Gasteiger partial charge on any atom is -0.355 e. The predicted octanol–water partition coefficient (Wildman–Crippen LogP) is 3.62. The highest BCUT2D eigenvalue weighted by Gasteiger charge is 2.09. The number of nitrogens with zero attached hydrogens (tertiary/aromatic N) is 2. The molecule has 0 amide bonds. The molecular weight excluding hydrogens is 198 g/mol. The highest BCUT2D eigenvalue weighted by Crippen LogP contribution is 2.16. The van der Waals surface area contributed by atoms with Gasteiger partial charge in [-0.3, -0.25) is 0 Å². The van der Waals surface area contributed by atoms with E-state index in [9.17, 15) is 0 Å². The average molecular weight is 223 g/mol. The van der Waals surface area contributed by atoms with Crippen LogP contribution in [0.25, 0.3) is 0 Å². The predicted molar refractivity (Wildman–Crippen MR) is 69.9 cm³/mol. The van der Waals surface area contributed by atoms with Crippen LogP contribution in [0.2, 0.25) is 0 Å². The standard InChI is InChI=1S/C13H25N3/c1-6-12(7-2)8-14-13-15-11(5)9-16(13)10(3)4/h9-10,12H,6-8H2,1-5H3,(H,14,15). The largest absolute Gasteiger partial charge is 0.355 e. The van der Waals surface area contributed by atoms with Gasteiger partial charge in [0.2, 0.25) is 5.95 Å². The second-order valence-corrected chi connectivity index (χ2v) is 4.77. The van der Waals surface area contributed by atoms with Crippen LogP contribution in [0.5, 0.6) is 0 Å². The van der Waals surface area contributed by atoms with Gasteiger partial charge in [0.25, 0.3) is 0 Å². The molecule has 0 saturated carbocycles. The molecule has 16 heavy (non-hydrogen) atoms. The molecule has 1 aromatic rings. The van der Waals surface area contributed by atoms with Crippen molar-refractivity contribution in [3.05, 3.63) is 11.9 Å². The van der Waals surface area contributed by atoms with E-state index in [0.717, 1.165) is 24.1 Å². The smallest absolute Gasteiger partial charge is 0.203 e. The van der Waals surface area contributed by atoms with Crippen molar-refractivity contribution in [1.82, 2.24) is 9.55 Å². The zero-order valence-corrected chi connectivity index (χ0v) is 11.2. The number of nitrogens with one attached hydrogen (secondary N) is 1. The summed E-state index contributed by atoms with van der Waals surface area (Å²) in [6.07, 6.45) is 4.57. The maximum atomic E-state index is 4.52. The van der Waals surface area contributed by atoms with Crippen molar-refractivity contribution in [2.24, 2.45) is 5.92 Å². The number of rotatable bonds is 6. The summed E-state index contributed by atoms with van der Waals surface area (Å²) in [4.78, 5) is 4.52. The van der Waals surface area contributed by atoms with Gasteiger partial charge in [-0.25, -0.2) is 4.98 Å². The van der Waals surface area contributed by atoms with Crippen LogP contribution in [0.4, 0.5) is 5.95 Å². The molecule has 92 valence electrons. The van der Waals surface area contributed by atoms with E-state index in [1.54, 1.807) is 0 Å². The van der Waals surface area contributed by atoms with Gasteiger partial charge in [-0.05, 0) is 26.7 Å². The van der Waals surface area contributed by atoms with Gasteiger partial charge < -0.3 is 9.88 Å². The SMILES string of the molecule is CCC(CC)CNc1nc(C)cn1C(C)C. The molecule has 1 heterocycles. The molecule has 1 rings (SSSR count). The van der Waals surface area contributed by atoms with E-state index in [0.29, 0.717) is 6.04 Å². The van der Waals surface area contributed by atoms with Crippen molar-refractivity contribution < 1.29 is 0 Å². The molecule has 0 aliphatic carbocycles. The van der Waals surface area contributed by atoms with Crippen LogP contribution in [0.1, 0.15) is 52.3 Å². The lowest BCUT2D eigenvalue weighted by Crippen LogP contribution is -2.16. The molecule has 0 fully saturated rings. The molecule has 3 heteroatoms. The molecule has 1 N–H and O–H groups in total. The third-order valence-corrected chi connectivity index (χ3v) is 3.11. The van der Waals surface area contributed by atoms with Gasteiger partial charge in [-0.1, -0.05) is 26.7 Å². The van der Waals surface area contributed by atoms with E-state index < -0.39 is 0 Å². The van der Waals surface area contributed by atoms with Gasteiger partial charge in [0.1, 0.15) is 0 Å². The van der Waals surface area contributed by atoms with Crippen LogP contribution in [0.15, 0.2) is 6.20 Å². The Kier molecular flexibility index (Phi) is 4.84. The summed E-state index contributed by atoms with van der Waals surface area (Å²) in [5.74, 6) is 1.76. The first-order valence-corrected chi connectivity index (χ1v) is 6.37. The first-order valence-electron chi connectivity index (χ1n) is 6.37. The normalized spacial score (nSPS) is 11.4. The molecule has 1 aromatic heterocycles. The van der Waals surface area contributed by atoms with Gasteiger partial charge >= 0.3 is 0 Å². The Hall–Kier alpha value is -0.990. The van der Waals surface area contributed by atoms with Crippen molar-refractivity contribution in [1.29, 1.82) is 0 Å². The van der Waals surface area contributed by atoms with Crippen LogP contribution in [0, 0.1) is 12.8 Å². The number of aromatic nitrogens is 2. The maximum absolute atomic E-state index is 4.52. The summed E-state index contributed by atoms with van der Waals surface area (Å²) < 4.78 is 2.21. The monoisotopic (exact) mass is 223 g/mol. The fourth-order valence-electron chi connectivity index (χ4n) is 1.85.